The van der Waals surface area contributed by atoms with Gasteiger partial charge >= 0.3 is 0 Å². The summed E-state index contributed by atoms with van der Waals surface area (Å²) >= 11 is 0. The molecule has 108 valence electrons. The quantitative estimate of drug-likeness (QED) is 0.784. The normalized spacial score (nSPS) is 14.4. The first-order valence-electron chi connectivity index (χ1n) is 7.24. The number of aryl methyl sites for hydroxylation is 2. The van der Waals surface area contributed by atoms with E-state index in [1.54, 1.807) is 0 Å². The maximum atomic E-state index is 12.2. The van der Waals surface area contributed by atoms with E-state index in [-0.39, 0.29) is 12.0 Å². The third kappa shape index (κ3) is 5.15. The highest BCUT2D eigenvalue weighted by atomic mass is 16.1. The van der Waals surface area contributed by atoms with E-state index in [9.17, 15) is 4.79 Å². The molecule has 0 fully saturated rings. The predicted octanol–water partition coefficient (Wildman–Crippen LogP) is 2.25. The lowest BCUT2D eigenvalue weighted by Gasteiger charge is -2.11. The van der Waals surface area contributed by atoms with Gasteiger partial charge in [-0.05, 0) is 32.3 Å². The predicted molar refractivity (Wildman–Crippen MR) is 78.0 cm³/mol. The van der Waals surface area contributed by atoms with Gasteiger partial charge in [0.15, 0.2) is 0 Å². The molecule has 1 aromatic heterocycles. The van der Waals surface area contributed by atoms with Crippen LogP contribution in [0.2, 0.25) is 0 Å². The van der Waals surface area contributed by atoms with Crippen LogP contribution in [-0.2, 0) is 24.7 Å². The Morgan fingerprint density at radius 2 is 2.11 bits per heavy atom. The van der Waals surface area contributed by atoms with Crippen molar-refractivity contribution in [3.8, 4) is 0 Å². The second-order valence-corrected chi connectivity index (χ2v) is 5.56. The maximum absolute atomic E-state index is 12.2. The van der Waals surface area contributed by atoms with Crippen molar-refractivity contribution in [3.05, 3.63) is 17.5 Å². The molecule has 19 heavy (non-hydrogen) atoms. The monoisotopic (exact) mass is 265 g/mol. The summed E-state index contributed by atoms with van der Waals surface area (Å²) in [4.78, 5) is 12.2. The summed E-state index contributed by atoms with van der Waals surface area (Å²) in [6.07, 6.45) is 4.34. The van der Waals surface area contributed by atoms with Gasteiger partial charge < -0.3 is 5.73 Å². The van der Waals surface area contributed by atoms with E-state index >= 15 is 0 Å². The van der Waals surface area contributed by atoms with Gasteiger partial charge in [-0.2, -0.15) is 5.10 Å². The van der Waals surface area contributed by atoms with Gasteiger partial charge in [0, 0.05) is 31.1 Å². The SMILES string of the molecule is CCc1cc(CC(=O)C(C)CCCC(C)N)n(C)n1. The van der Waals surface area contributed by atoms with Gasteiger partial charge in [0.1, 0.15) is 5.78 Å². The first-order valence-corrected chi connectivity index (χ1v) is 7.24. The third-order valence-corrected chi connectivity index (χ3v) is 3.59. The number of Topliss-reactive ketones (excluding diaryl/α,β-unsaturated/α-hetero) is 1. The lowest BCUT2D eigenvalue weighted by atomic mass is 9.95. The smallest absolute Gasteiger partial charge is 0.141 e. The Kier molecular flexibility index (Phi) is 6.22. The molecule has 1 aromatic rings. The molecule has 0 saturated carbocycles. The minimum absolute atomic E-state index is 0.110. The minimum Gasteiger partial charge on any atom is -0.328 e. The van der Waals surface area contributed by atoms with Crippen LogP contribution in [0.4, 0.5) is 0 Å². The standard InChI is InChI=1S/C15H27N3O/c1-5-13-9-14(18(4)17-13)10-15(19)11(2)7-6-8-12(3)16/h9,11-12H,5-8,10,16H2,1-4H3. The number of nitrogens with zero attached hydrogens (tertiary/aromatic N) is 2. The highest BCUT2D eigenvalue weighted by Gasteiger charge is 2.16. The number of nitrogens with two attached hydrogens (primary N) is 1. The molecule has 0 aromatic carbocycles. The third-order valence-electron chi connectivity index (χ3n) is 3.59. The van der Waals surface area contributed by atoms with Gasteiger partial charge in [0.25, 0.3) is 0 Å². The van der Waals surface area contributed by atoms with E-state index in [1.807, 2.05) is 31.6 Å². The molecule has 0 saturated heterocycles. The molecular formula is C15H27N3O. The van der Waals surface area contributed by atoms with E-state index < -0.39 is 0 Å². The molecule has 0 bridgehead atoms. The molecule has 4 nitrogen and oxygen atoms in total. The summed E-state index contributed by atoms with van der Waals surface area (Å²) in [5.74, 6) is 0.411. The van der Waals surface area contributed by atoms with Gasteiger partial charge in [-0.25, -0.2) is 0 Å². The van der Waals surface area contributed by atoms with Gasteiger partial charge in [-0.1, -0.05) is 20.3 Å². The number of hydrogen-bond donors (Lipinski definition) is 1. The molecule has 1 heterocycles. The number of carbonyl (C=O) groups is 1. The largest absolute Gasteiger partial charge is 0.328 e. The number of ketones is 1. The first-order chi connectivity index (χ1) is 8.93. The molecule has 2 unspecified atom stereocenters. The van der Waals surface area contributed by atoms with Crippen LogP contribution >= 0.6 is 0 Å². The fraction of sp³-hybridized carbons (Fsp3) is 0.733. The van der Waals surface area contributed by atoms with E-state index in [0.717, 1.165) is 37.1 Å². The highest BCUT2D eigenvalue weighted by molar-refractivity contribution is 5.82. The van der Waals surface area contributed by atoms with Crippen LogP contribution in [0.5, 0.6) is 0 Å². The fourth-order valence-electron chi connectivity index (χ4n) is 2.17. The molecule has 1 rings (SSSR count). The number of carbonyl (C=O) groups excluding carboxylic acids is 1. The van der Waals surface area contributed by atoms with Crippen molar-refractivity contribution in [3.63, 3.8) is 0 Å². The van der Waals surface area contributed by atoms with Crippen LogP contribution in [0.15, 0.2) is 6.07 Å². The lowest BCUT2D eigenvalue weighted by molar-refractivity contribution is -0.122. The van der Waals surface area contributed by atoms with E-state index in [2.05, 4.69) is 12.0 Å². The lowest BCUT2D eigenvalue weighted by Crippen LogP contribution is -2.18. The summed E-state index contributed by atoms with van der Waals surface area (Å²) in [5, 5.41) is 4.37. The summed E-state index contributed by atoms with van der Waals surface area (Å²) in [5.41, 5.74) is 7.79. The summed E-state index contributed by atoms with van der Waals surface area (Å²) < 4.78 is 1.82. The van der Waals surface area contributed by atoms with Crippen molar-refractivity contribution >= 4 is 5.78 Å². The summed E-state index contributed by atoms with van der Waals surface area (Å²) in [7, 11) is 1.91. The molecule has 0 aliphatic heterocycles. The Labute approximate surface area is 116 Å². The van der Waals surface area contributed by atoms with Crippen LogP contribution in [0.3, 0.4) is 0 Å². The molecule has 2 atom stereocenters. The van der Waals surface area contributed by atoms with E-state index in [4.69, 9.17) is 5.73 Å². The zero-order valence-electron chi connectivity index (χ0n) is 12.6. The molecule has 4 heteroatoms. The number of aromatic nitrogens is 2. The van der Waals surface area contributed by atoms with Gasteiger partial charge in [0.2, 0.25) is 0 Å². The Bertz CT molecular complexity index is 410. The fourth-order valence-corrected chi connectivity index (χ4v) is 2.17. The second kappa shape index (κ2) is 7.43. The van der Waals surface area contributed by atoms with Crippen LogP contribution < -0.4 is 5.73 Å². The van der Waals surface area contributed by atoms with Gasteiger partial charge in [-0.3, -0.25) is 9.48 Å². The maximum Gasteiger partial charge on any atom is 0.141 e. The number of rotatable bonds is 8. The van der Waals surface area contributed by atoms with Crippen LogP contribution in [0.1, 0.15) is 51.4 Å². The molecule has 0 aliphatic rings. The van der Waals surface area contributed by atoms with Crippen LogP contribution in [0.25, 0.3) is 0 Å². The Morgan fingerprint density at radius 1 is 1.42 bits per heavy atom. The molecule has 2 N–H and O–H groups in total. The molecule has 0 amide bonds. The Morgan fingerprint density at radius 3 is 2.63 bits per heavy atom. The Hall–Kier alpha value is -1.16. The molecule has 0 spiro atoms. The van der Waals surface area contributed by atoms with Crippen molar-refractivity contribution in [2.75, 3.05) is 0 Å². The van der Waals surface area contributed by atoms with E-state index in [0.29, 0.717) is 12.2 Å². The van der Waals surface area contributed by atoms with Crippen LogP contribution in [0, 0.1) is 5.92 Å². The number of hydrogen-bond acceptors (Lipinski definition) is 3. The van der Waals surface area contributed by atoms with Gasteiger partial charge in [0.05, 0.1) is 5.69 Å². The van der Waals surface area contributed by atoms with E-state index in [1.165, 1.54) is 0 Å². The average Bonchev–Trinajstić information content (AvgIpc) is 2.69. The van der Waals surface area contributed by atoms with Gasteiger partial charge in [-0.15, -0.1) is 0 Å². The molecule has 0 radical (unpaired) electrons. The zero-order chi connectivity index (χ0) is 14.4. The molecular weight excluding hydrogens is 238 g/mol. The zero-order valence-corrected chi connectivity index (χ0v) is 12.6. The first kappa shape index (κ1) is 15.9. The van der Waals surface area contributed by atoms with Crippen LogP contribution in [-0.4, -0.2) is 21.6 Å². The average molecular weight is 265 g/mol. The highest BCUT2D eigenvalue weighted by Crippen LogP contribution is 2.14. The minimum atomic E-state index is 0.110. The van der Waals surface area contributed by atoms with Crippen molar-refractivity contribution in [1.82, 2.24) is 9.78 Å². The summed E-state index contributed by atoms with van der Waals surface area (Å²) in [6, 6.07) is 2.26. The van der Waals surface area contributed by atoms with Crippen molar-refractivity contribution in [2.24, 2.45) is 18.7 Å². The van der Waals surface area contributed by atoms with Crippen molar-refractivity contribution in [1.29, 1.82) is 0 Å². The van der Waals surface area contributed by atoms with Crippen molar-refractivity contribution < 1.29 is 4.79 Å². The second-order valence-electron chi connectivity index (χ2n) is 5.56. The Balaban J connectivity index is 2.46. The molecule has 0 aliphatic carbocycles. The summed E-state index contributed by atoms with van der Waals surface area (Å²) in [6.45, 7) is 6.10. The topological polar surface area (TPSA) is 60.9 Å². The van der Waals surface area contributed by atoms with Crippen molar-refractivity contribution in [2.45, 2.75) is 58.9 Å².